The number of nitrogen functional groups attached to an aromatic ring is 1. The second-order valence-corrected chi connectivity index (χ2v) is 6.55. The zero-order valence-electron chi connectivity index (χ0n) is 15.8. The van der Waals surface area contributed by atoms with Gasteiger partial charge in [-0.15, -0.1) is 13.2 Å². The van der Waals surface area contributed by atoms with Gasteiger partial charge < -0.3 is 15.8 Å². The Morgan fingerprint density at radius 3 is 2.32 bits per heavy atom. The monoisotopic (exact) mass is 435 g/mol. The molecule has 0 aliphatic heterocycles. The molecule has 3 N–H and O–H groups in total. The first kappa shape index (κ1) is 20.4. The number of benzene rings is 2. The molecule has 0 amide bonds. The molecule has 0 spiro atoms. The Morgan fingerprint density at radius 1 is 0.968 bits per heavy atom. The first-order valence-electron chi connectivity index (χ1n) is 8.84. The normalized spacial score (nSPS) is 11.7. The third-order valence-electron chi connectivity index (χ3n) is 4.36. The molecular formula is C20H14F5N5O. The van der Waals surface area contributed by atoms with Gasteiger partial charge in [0.05, 0.1) is 16.7 Å². The molecule has 160 valence electrons. The van der Waals surface area contributed by atoms with E-state index in [1.165, 1.54) is 16.7 Å². The summed E-state index contributed by atoms with van der Waals surface area (Å²) >= 11 is 0. The van der Waals surface area contributed by atoms with Crippen LogP contribution in [0.25, 0.3) is 16.9 Å². The summed E-state index contributed by atoms with van der Waals surface area (Å²) < 4.78 is 69.6. The number of alkyl halides is 3. The van der Waals surface area contributed by atoms with E-state index >= 15 is 0 Å². The molecule has 0 saturated carbocycles. The number of nitrogens with zero attached hydrogens (tertiary/aromatic N) is 3. The van der Waals surface area contributed by atoms with Crippen LogP contribution >= 0.6 is 0 Å². The highest BCUT2D eigenvalue weighted by Gasteiger charge is 2.31. The molecule has 4 rings (SSSR count). The van der Waals surface area contributed by atoms with Crippen molar-refractivity contribution in [2.75, 3.05) is 11.1 Å². The number of hydrogen-bond donors (Lipinski definition) is 2. The molecule has 2 aromatic heterocycles. The molecule has 2 heterocycles. The number of fused-ring (bicyclic) bond motifs is 1. The van der Waals surface area contributed by atoms with Gasteiger partial charge in [-0.1, -0.05) is 0 Å². The summed E-state index contributed by atoms with van der Waals surface area (Å²) in [6, 6.07) is 10.2. The Bertz CT molecular complexity index is 1270. The van der Waals surface area contributed by atoms with Crippen molar-refractivity contribution in [2.45, 2.75) is 13.3 Å². The van der Waals surface area contributed by atoms with Crippen molar-refractivity contribution >= 4 is 28.2 Å². The van der Waals surface area contributed by atoms with Gasteiger partial charge in [-0.05, 0) is 43.3 Å². The number of aromatic nitrogens is 3. The summed E-state index contributed by atoms with van der Waals surface area (Å²) in [5.74, 6) is -1.42. The third kappa shape index (κ3) is 4.20. The van der Waals surface area contributed by atoms with Crippen molar-refractivity contribution in [3.8, 4) is 11.6 Å². The summed E-state index contributed by atoms with van der Waals surface area (Å²) in [7, 11) is 0. The molecule has 0 aliphatic rings. The third-order valence-corrected chi connectivity index (χ3v) is 4.36. The summed E-state index contributed by atoms with van der Waals surface area (Å²) in [5, 5.41) is 2.91. The zero-order chi connectivity index (χ0) is 22.3. The summed E-state index contributed by atoms with van der Waals surface area (Å²) in [6.07, 6.45) is -4.79. The van der Waals surface area contributed by atoms with Crippen LogP contribution in [-0.2, 0) is 0 Å². The molecule has 0 atom stereocenters. The van der Waals surface area contributed by atoms with Gasteiger partial charge in [0, 0.05) is 17.8 Å². The molecule has 31 heavy (non-hydrogen) atoms. The highest BCUT2D eigenvalue weighted by molar-refractivity contribution is 5.79. The summed E-state index contributed by atoms with van der Waals surface area (Å²) in [5.41, 5.74) is 7.20. The molecule has 6 nitrogen and oxygen atoms in total. The van der Waals surface area contributed by atoms with Crippen molar-refractivity contribution in [2.24, 2.45) is 0 Å². The van der Waals surface area contributed by atoms with Crippen LogP contribution in [0.15, 0.2) is 48.5 Å². The van der Waals surface area contributed by atoms with Crippen LogP contribution in [-0.4, -0.2) is 20.9 Å². The number of nitrogens with one attached hydrogen (secondary N) is 1. The maximum atomic E-state index is 13.8. The number of pyridine rings is 1. The lowest BCUT2D eigenvalue weighted by Gasteiger charge is -2.13. The van der Waals surface area contributed by atoms with Crippen molar-refractivity contribution in [3.05, 3.63) is 66.0 Å². The number of rotatable bonds is 4. The van der Waals surface area contributed by atoms with Crippen molar-refractivity contribution in [1.82, 2.24) is 14.5 Å². The fourth-order valence-electron chi connectivity index (χ4n) is 3.04. The lowest BCUT2D eigenvalue weighted by molar-refractivity contribution is -0.274. The summed E-state index contributed by atoms with van der Waals surface area (Å²) in [6.45, 7) is 1.65. The molecule has 11 heteroatoms. The van der Waals surface area contributed by atoms with Crippen LogP contribution < -0.4 is 15.8 Å². The van der Waals surface area contributed by atoms with E-state index in [9.17, 15) is 22.0 Å². The second kappa shape index (κ2) is 7.42. The first-order chi connectivity index (χ1) is 14.6. The van der Waals surface area contributed by atoms with E-state index in [2.05, 4.69) is 20.0 Å². The van der Waals surface area contributed by atoms with Crippen molar-refractivity contribution < 1.29 is 26.7 Å². The van der Waals surface area contributed by atoms with E-state index in [0.29, 0.717) is 22.8 Å². The van der Waals surface area contributed by atoms with Gasteiger partial charge in [-0.2, -0.15) is 0 Å². The van der Waals surface area contributed by atoms with E-state index < -0.39 is 18.0 Å². The number of ether oxygens (including phenoxy) is 1. The van der Waals surface area contributed by atoms with E-state index in [-0.39, 0.29) is 22.8 Å². The highest BCUT2D eigenvalue weighted by atomic mass is 19.4. The molecule has 0 aliphatic carbocycles. The highest BCUT2D eigenvalue weighted by Crippen LogP contribution is 2.29. The molecule has 0 bridgehead atoms. The fourth-order valence-corrected chi connectivity index (χ4v) is 3.04. The molecule has 0 fully saturated rings. The Balaban J connectivity index is 1.68. The Labute approximate surface area is 172 Å². The van der Waals surface area contributed by atoms with E-state index in [1.54, 1.807) is 19.1 Å². The van der Waals surface area contributed by atoms with Crippen LogP contribution in [0.1, 0.15) is 5.82 Å². The number of nitrogens with two attached hydrogens (primary N) is 1. The number of aryl methyl sites for hydroxylation is 1. The number of anilines is 3. The molecule has 0 saturated heterocycles. The van der Waals surface area contributed by atoms with Gasteiger partial charge in [0.1, 0.15) is 17.4 Å². The topological polar surface area (TPSA) is 78.0 Å². The van der Waals surface area contributed by atoms with E-state index in [1.807, 2.05) is 0 Å². The molecule has 4 aromatic rings. The average molecular weight is 435 g/mol. The minimum atomic E-state index is -4.79. The fraction of sp³-hybridized carbons (Fsp3) is 0.100. The number of halogens is 5. The lowest BCUT2D eigenvalue weighted by atomic mass is 10.2. The minimum absolute atomic E-state index is 0.214. The number of hydrogen-bond acceptors (Lipinski definition) is 5. The maximum absolute atomic E-state index is 13.8. The maximum Gasteiger partial charge on any atom is 0.573 e. The second-order valence-electron chi connectivity index (χ2n) is 6.55. The predicted octanol–water partition coefficient (Wildman–Crippen LogP) is 5.23. The Kier molecular flexibility index (Phi) is 4.88. The molecular weight excluding hydrogens is 421 g/mol. The van der Waals surface area contributed by atoms with Crippen LogP contribution in [0.3, 0.4) is 0 Å². The number of imidazole rings is 1. The molecule has 0 unspecified atom stereocenters. The smallest absolute Gasteiger partial charge is 0.406 e. The van der Waals surface area contributed by atoms with Gasteiger partial charge in [-0.25, -0.2) is 18.7 Å². The minimum Gasteiger partial charge on any atom is -0.406 e. The van der Waals surface area contributed by atoms with Crippen molar-refractivity contribution in [3.63, 3.8) is 0 Å². The zero-order valence-corrected chi connectivity index (χ0v) is 15.8. The lowest BCUT2D eigenvalue weighted by Crippen LogP contribution is -2.17. The largest absolute Gasteiger partial charge is 0.573 e. The Morgan fingerprint density at radius 2 is 1.65 bits per heavy atom. The average Bonchev–Trinajstić information content (AvgIpc) is 2.99. The summed E-state index contributed by atoms with van der Waals surface area (Å²) in [4.78, 5) is 8.64. The van der Waals surface area contributed by atoms with Gasteiger partial charge in [0.25, 0.3) is 0 Å². The van der Waals surface area contributed by atoms with Gasteiger partial charge >= 0.3 is 6.36 Å². The van der Waals surface area contributed by atoms with Gasteiger partial charge in [0.15, 0.2) is 17.5 Å². The van der Waals surface area contributed by atoms with Gasteiger partial charge in [0.2, 0.25) is 0 Å². The SMILES string of the molecule is Cc1nc2cc(F)c(F)cc2n1-c1ccc(N)c(Nc2ccc(OC(F)(F)F)cc2)n1. The Hall–Kier alpha value is -3.89. The predicted molar refractivity (Wildman–Crippen MR) is 104 cm³/mol. The quantitative estimate of drug-likeness (QED) is 0.429. The molecule has 2 aromatic carbocycles. The van der Waals surface area contributed by atoms with Crippen LogP contribution in [0, 0.1) is 18.6 Å². The van der Waals surface area contributed by atoms with E-state index in [0.717, 1.165) is 24.3 Å². The first-order valence-corrected chi connectivity index (χ1v) is 8.84. The van der Waals surface area contributed by atoms with E-state index in [4.69, 9.17) is 5.73 Å². The van der Waals surface area contributed by atoms with Crippen LogP contribution in [0.2, 0.25) is 0 Å². The molecule has 0 radical (unpaired) electrons. The van der Waals surface area contributed by atoms with Gasteiger partial charge in [-0.3, -0.25) is 4.57 Å². The van der Waals surface area contributed by atoms with Crippen LogP contribution in [0.4, 0.5) is 39.1 Å². The van der Waals surface area contributed by atoms with Crippen LogP contribution in [0.5, 0.6) is 5.75 Å². The van der Waals surface area contributed by atoms with Crippen molar-refractivity contribution in [1.29, 1.82) is 0 Å². The standard InChI is InChI=1S/C20H14F5N5O/c1-10-27-16-8-13(21)14(22)9-17(16)30(10)18-7-6-15(26)19(29-18)28-11-2-4-12(5-3-11)31-20(23,24)25/h2-9H,26H2,1H3,(H,28,29).